The summed E-state index contributed by atoms with van der Waals surface area (Å²) in [7, 11) is 0. The molecule has 21 heavy (non-hydrogen) atoms. The lowest BCUT2D eigenvalue weighted by atomic mass is 9.95. The van der Waals surface area contributed by atoms with Crippen LogP contribution >= 0.6 is 11.8 Å². The molecular formula is C17H22N2OS. The third-order valence-corrected chi connectivity index (χ3v) is 5.31. The smallest absolute Gasteiger partial charge is 0.140 e. The highest BCUT2D eigenvalue weighted by atomic mass is 32.2. The zero-order valence-corrected chi connectivity index (χ0v) is 13.4. The highest BCUT2D eigenvalue weighted by molar-refractivity contribution is 7.99. The van der Waals surface area contributed by atoms with Gasteiger partial charge in [-0.2, -0.15) is 11.8 Å². The van der Waals surface area contributed by atoms with E-state index in [1.807, 2.05) is 30.0 Å². The molecule has 1 aliphatic rings. The molecule has 0 atom stereocenters. The summed E-state index contributed by atoms with van der Waals surface area (Å²) < 4.78 is 2.17. The number of ketones is 1. The molecule has 1 fully saturated rings. The fraction of sp³-hybridized carbons (Fsp3) is 0.529. The summed E-state index contributed by atoms with van der Waals surface area (Å²) >= 11 is 2.01. The summed E-state index contributed by atoms with van der Waals surface area (Å²) in [6.07, 6.45) is 3.60. The van der Waals surface area contributed by atoms with Crippen molar-refractivity contribution in [1.29, 1.82) is 0 Å². The Morgan fingerprint density at radius 1 is 1.33 bits per heavy atom. The van der Waals surface area contributed by atoms with Gasteiger partial charge in [-0.25, -0.2) is 4.98 Å². The van der Waals surface area contributed by atoms with Crippen LogP contribution in [0.3, 0.4) is 0 Å². The number of Topliss-reactive ketones (excluding diaryl/α,β-unsaturated/α-hetero) is 1. The topological polar surface area (TPSA) is 34.9 Å². The fourth-order valence-corrected chi connectivity index (χ4v) is 4.34. The number of fused-ring (bicyclic) bond motifs is 1. The Labute approximate surface area is 130 Å². The van der Waals surface area contributed by atoms with E-state index in [1.165, 1.54) is 24.3 Å². The molecule has 0 bridgehead atoms. The Balaban J connectivity index is 1.73. The summed E-state index contributed by atoms with van der Waals surface area (Å²) in [6, 6.07) is 8.13. The summed E-state index contributed by atoms with van der Waals surface area (Å²) in [5, 5.41) is 0. The fourth-order valence-electron chi connectivity index (χ4n) is 3.13. The molecule has 112 valence electrons. The third kappa shape index (κ3) is 3.31. The molecule has 0 amide bonds. The maximum absolute atomic E-state index is 12.4. The third-order valence-electron chi connectivity index (χ3n) is 4.26. The van der Waals surface area contributed by atoms with Gasteiger partial charge in [0, 0.05) is 13.0 Å². The van der Waals surface area contributed by atoms with E-state index < -0.39 is 0 Å². The number of benzene rings is 1. The van der Waals surface area contributed by atoms with Crippen LogP contribution in [0.5, 0.6) is 0 Å². The van der Waals surface area contributed by atoms with Crippen molar-refractivity contribution in [1.82, 2.24) is 9.55 Å². The second-order valence-corrected chi connectivity index (χ2v) is 6.96. The van der Waals surface area contributed by atoms with E-state index >= 15 is 0 Å². The van der Waals surface area contributed by atoms with Gasteiger partial charge in [-0.1, -0.05) is 12.1 Å². The van der Waals surface area contributed by atoms with Gasteiger partial charge in [-0.3, -0.25) is 4.79 Å². The number of aryl methyl sites for hydroxylation is 1. The van der Waals surface area contributed by atoms with Crippen molar-refractivity contribution in [2.75, 3.05) is 11.5 Å². The minimum atomic E-state index is 0.344. The van der Waals surface area contributed by atoms with Gasteiger partial charge in [-0.15, -0.1) is 0 Å². The highest BCUT2D eigenvalue weighted by Gasteiger charge is 2.19. The molecule has 0 spiro atoms. The second kappa shape index (κ2) is 6.65. The monoisotopic (exact) mass is 302 g/mol. The molecule has 1 aromatic heterocycles. The Morgan fingerprint density at radius 2 is 2.10 bits per heavy atom. The number of carbonyl (C=O) groups is 1. The van der Waals surface area contributed by atoms with Crippen LogP contribution in [0, 0.1) is 5.92 Å². The zero-order chi connectivity index (χ0) is 14.7. The molecule has 0 radical (unpaired) electrons. The minimum Gasteiger partial charge on any atom is -0.328 e. The van der Waals surface area contributed by atoms with Crippen LogP contribution in [-0.4, -0.2) is 26.8 Å². The lowest BCUT2D eigenvalue weighted by Crippen LogP contribution is -2.17. The predicted molar refractivity (Wildman–Crippen MR) is 88.8 cm³/mol. The van der Waals surface area contributed by atoms with E-state index in [9.17, 15) is 4.79 Å². The molecule has 0 N–H and O–H groups in total. The normalized spacial score (nSPS) is 16.4. The van der Waals surface area contributed by atoms with Gasteiger partial charge < -0.3 is 4.57 Å². The number of rotatable bonds is 5. The first kappa shape index (κ1) is 14.6. The van der Waals surface area contributed by atoms with E-state index in [1.54, 1.807) is 0 Å². The molecule has 4 heteroatoms. The molecule has 0 saturated carbocycles. The van der Waals surface area contributed by atoms with Gasteiger partial charge in [0.1, 0.15) is 11.6 Å². The highest BCUT2D eigenvalue weighted by Crippen LogP contribution is 2.26. The van der Waals surface area contributed by atoms with Crippen molar-refractivity contribution in [3.8, 4) is 0 Å². The molecule has 1 saturated heterocycles. The molecule has 3 nitrogen and oxygen atoms in total. The summed E-state index contributed by atoms with van der Waals surface area (Å²) in [5.41, 5.74) is 2.13. The van der Waals surface area contributed by atoms with Crippen molar-refractivity contribution in [3.05, 3.63) is 30.1 Å². The lowest BCUT2D eigenvalue weighted by molar-refractivity contribution is -0.119. The van der Waals surface area contributed by atoms with Crippen molar-refractivity contribution < 1.29 is 4.79 Å². The van der Waals surface area contributed by atoms with Crippen LogP contribution in [0.15, 0.2) is 24.3 Å². The first-order chi connectivity index (χ1) is 10.3. The quantitative estimate of drug-likeness (QED) is 0.844. The number of thioether (sulfide) groups is 1. The van der Waals surface area contributed by atoms with Crippen molar-refractivity contribution in [3.63, 3.8) is 0 Å². The maximum Gasteiger partial charge on any atom is 0.140 e. The van der Waals surface area contributed by atoms with Crippen molar-refractivity contribution >= 4 is 28.6 Å². The Kier molecular flexibility index (Phi) is 4.63. The van der Waals surface area contributed by atoms with Crippen molar-refractivity contribution in [2.24, 2.45) is 5.92 Å². The lowest BCUT2D eigenvalue weighted by Gasteiger charge is -2.20. The molecule has 1 aliphatic heterocycles. The van der Waals surface area contributed by atoms with E-state index in [4.69, 9.17) is 0 Å². The van der Waals surface area contributed by atoms with E-state index in [0.717, 1.165) is 29.8 Å². The zero-order valence-electron chi connectivity index (χ0n) is 12.5. The molecule has 2 heterocycles. The van der Waals surface area contributed by atoms with E-state index in [2.05, 4.69) is 22.5 Å². The van der Waals surface area contributed by atoms with Gasteiger partial charge in [0.05, 0.1) is 17.5 Å². The van der Waals surface area contributed by atoms with Crippen LogP contribution in [0.2, 0.25) is 0 Å². The van der Waals surface area contributed by atoms with Crippen LogP contribution < -0.4 is 0 Å². The van der Waals surface area contributed by atoms with Gasteiger partial charge in [0.15, 0.2) is 0 Å². The number of carbonyl (C=O) groups excluding carboxylic acids is 1. The van der Waals surface area contributed by atoms with Crippen LogP contribution in [0.4, 0.5) is 0 Å². The first-order valence-electron chi connectivity index (χ1n) is 7.81. The van der Waals surface area contributed by atoms with Crippen LogP contribution in [0.25, 0.3) is 11.0 Å². The number of para-hydroxylation sites is 2. The van der Waals surface area contributed by atoms with Gasteiger partial charge in [-0.05, 0) is 49.3 Å². The SMILES string of the molecule is CCn1c(CC(=O)CC2CCSCC2)nc2ccccc21. The summed E-state index contributed by atoms with van der Waals surface area (Å²) in [6.45, 7) is 2.98. The molecule has 3 rings (SSSR count). The summed E-state index contributed by atoms with van der Waals surface area (Å²) in [4.78, 5) is 17.0. The average molecular weight is 302 g/mol. The molecule has 0 aliphatic carbocycles. The minimum absolute atomic E-state index is 0.344. The van der Waals surface area contributed by atoms with Gasteiger partial charge in [0.25, 0.3) is 0 Å². The largest absolute Gasteiger partial charge is 0.328 e. The van der Waals surface area contributed by atoms with Crippen LogP contribution in [0.1, 0.15) is 32.0 Å². The average Bonchev–Trinajstić information content (AvgIpc) is 2.85. The molecule has 1 aromatic carbocycles. The number of nitrogens with zero attached hydrogens (tertiary/aromatic N) is 2. The Hall–Kier alpha value is -1.29. The molecule has 2 aromatic rings. The number of imidazole rings is 1. The van der Waals surface area contributed by atoms with E-state index in [-0.39, 0.29) is 0 Å². The number of hydrogen-bond donors (Lipinski definition) is 0. The Morgan fingerprint density at radius 3 is 2.86 bits per heavy atom. The summed E-state index contributed by atoms with van der Waals surface area (Å²) in [5.74, 6) is 4.29. The molecular weight excluding hydrogens is 280 g/mol. The van der Waals surface area contributed by atoms with E-state index in [0.29, 0.717) is 18.1 Å². The first-order valence-corrected chi connectivity index (χ1v) is 8.97. The Bertz CT molecular complexity index is 629. The standard InChI is InChI=1S/C17H22N2OS/c1-2-19-16-6-4-3-5-15(16)18-17(19)12-14(20)11-13-7-9-21-10-8-13/h3-6,13H,2,7-12H2,1H3. The van der Waals surface area contributed by atoms with Crippen LogP contribution in [-0.2, 0) is 17.8 Å². The molecule has 0 unspecified atom stereocenters. The van der Waals surface area contributed by atoms with Crippen molar-refractivity contribution in [2.45, 2.75) is 39.2 Å². The van der Waals surface area contributed by atoms with Gasteiger partial charge in [0.2, 0.25) is 0 Å². The number of aromatic nitrogens is 2. The second-order valence-electron chi connectivity index (χ2n) is 5.74. The number of hydrogen-bond acceptors (Lipinski definition) is 3. The predicted octanol–water partition coefficient (Wildman–Crippen LogP) is 3.70. The van der Waals surface area contributed by atoms with Gasteiger partial charge >= 0.3 is 0 Å². The maximum atomic E-state index is 12.4.